The van der Waals surface area contributed by atoms with Gasteiger partial charge < -0.3 is 25.3 Å². The Morgan fingerprint density at radius 3 is 2.50 bits per heavy atom. The maximum absolute atomic E-state index is 11.6. The van der Waals surface area contributed by atoms with Crippen LogP contribution in [0.4, 0.5) is 0 Å². The van der Waals surface area contributed by atoms with Gasteiger partial charge in [0, 0.05) is 38.1 Å². The summed E-state index contributed by atoms with van der Waals surface area (Å²) < 4.78 is 11.4. The molecule has 1 aliphatic heterocycles. The van der Waals surface area contributed by atoms with Crippen LogP contribution in [-0.2, 0) is 22.7 Å². The van der Waals surface area contributed by atoms with Crippen LogP contribution in [-0.4, -0.2) is 35.3 Å². The first-order valence-electron chi connectivity index (χ1n) is 13.8. The third-order valence-corrected chi connectivity index (χ3v) is 7.40. The number of benzene rings is 1. The van der Waals surface area contributed by atoms with E-state index in [9.17, 15) is 4.79 Å². The van der Waals surface area contributed by atoms with Gasteiger partial charge in [-0.1, -0.05) is 75.3 Å². The number of carbonyl (C=O) groups excluding carboxylic acids is 1. The molecule has 7 heteroatoms. The predicted molar refractivity (Wildman–Crippen MR) is 141 cm³/mol. The minimum atomic E-state index is -0.277. The zero-order valence-corrected chi connectivity index (χ0v) is 21.9. The minimum absolute atomic E-state index is 0.00313. The molecule has 0 unspecified atom stereocenters. The summed E-state index contributed by atoms with van der Waals surface area (Å²) in [6.45, 7) is 4.44. The molecule has 1 aromatic carbocycles. The maximum Gasteiger partial charge on any atom is 0.218 e. The number of amides is 1. The Bertz CT molecular complexity index is 874. The highest BCUT2D eigenvalue weighted by molar-refractivity contribution is 5.74. The highest BCUT2D eigenvalue weighted by Gasteiger charge is 2.23. The van der Waals surface area contributed by atoms with Crippen molar-refractivity contribution in [3.8, 4) is 0 Å². The van der Waals surface area contributed by atoms with Crippen molar-refractivity contribution < 1.29 is 19.1 Å². The summed E-state index contributed by atoms with van der Waals surface area (Å²) in [5.74, 6) is 2.10. The molecule has 4 rings (SSSR count). The molecule has 1 saturated heterocycles. The fraction of sp³-hybridized carbons (Fsp3) is 0.655. The fourth-order valence-corrected chi connectivity index (χ4v) is 5.20. The largest absolute Gasteiger partial charge is 0.445 e. The lowest BCUT2D eigenvalue weighted by Gasteiger charge is -2.22. The van der Waals surface area contributed by atoms with Crippen LogP contribution in [0.3, 0.4) is 0 Å². The lowest BCUT2D eigenvalue weighted by molar-refractivity contribution is -0.118. The number of nitrogens with zero attached hydrogens (tertiary/aromatic N) is 1. The molecule has 2 aromatic rings. The molecule has 0 bridgehead atoms. The molecular formula is C29H45N3O4. The number of rotatable bonds is 11. The number of ether oxygens (including phenoxy) is 1. The first-order valence-corrected chi connectivity index (χ1v) is 13.8. The van der Waals surface area contributed by atoms with Gasteiger partial charge in [-0.25, -0.2) is 4.98 Å². The molecular weight excluding hydrogens is 454 g/mol. The summed E-state index contributed by atoms with van der Waals surface area (Å²) in [6, 6.07) is 10.0. The van der Waals surface area contributed by atoms with Crippen LogP contribution in [0.25, 0.3) is 0 Å². The highest BCUT2D eigenvalue weighted by Crippen LogP contribution is 2.31. The number of aliphatic hydroxyl groups excluding tert-OH is 1. The van der Waals surface area contributed by atoms with Gasteiger partial charge in [-0.2, -0.15) is 0 Å². The zero-order valence-electron chi connectivity index (χ0n) is 21.9. The molecule has 1 aliphatic carbocycles. The van der Waals surface area contributed by atoms with E-state index in [0.717, 1.165) is 61.8 Å². The summed E-state index contributed by atoms with van der Waals surface area (Å²) in [4.78, 5) is 16.3. The number of nitrogens with two attached hydrogens (primary N) is 1. The van der Waals surface area contributed by atoms with Crippen molar-refractivity contribution >= 4 is 5.91 Å². The van der Waals surface area contributed by atoms with Gasteiger partial charge in [-0.15, -0.1) is 0 Å². The summed E-state index contributed by atoms with van der Waals surface area (Å²) in [6.07, 6.45) is 12.5. The number of primary amides is 1. The second kappa shape index (κ2) is 15.8. The molecule has 2 aliphatic rings. The quantitative estimate of drug-likeness (QED) is 0.395. The monoisotopic (exact) mass is 499 g/mol. The summed E-state index contributed by atoms with van der Waals surface area (Å²) >= 11 is 0. The fourth-order valence-electron chi connectivity index (χ4n) is 5.20. The van der Waals surface area contributed by atoms with Gasteiger partial charge in [-0.3, -0.25) is 4.79 Å². The van der Waals surface area contributed by atoms with Gasteiger partial charge in [0.1, 0.15) is 5.76 Å². The van der Waals surface area contributed by atoms with Gasteiger partial charge in [0.15, 0.2) is 5.89 Å². The van der Waals surface area contributed by atoms with Gasteiger partial charge in [0.2, 0.25) is 5.91 Å². The molecule has 7 nitrogen and oxygen atoms in total. The number of nitrogens with one attached hydrogen (secondary N) is 1. The molecule has 0 radical (unpaired) electrons. The molecule has 1 aromatic heterocycles. The van der Waals surface area contributed by atoms with Crippen LogP contribution in [0.1, 0.15) is 99.5 Å². The Hall–Kier alpha value is -2.22. The van der Waals surface area contributed by atoms with E-state index in [2.05, 4.69) is 5.32 Å². The average molecular weight is 500 g/mol. The van der Waals surface area contributed by atoms with Crippen molar-refractivity contribution in [2.45, 2.75) is 103 Å². The van der Waals surface area contributed by atoms with E-state index in [-0.39, 0.29) is 18.4 Å². The highest BCUT2D eigenvalue weighted by atomic mass is 16.5. The van der Waals surface area contributed by atoms with E-state index in [0.29, 0.717) is 24.9 Å². The third-order valence-electron chi connectivity index (χ3n) is 7.40. The van der Waals surface area contributed by atoms with Crippen LogP contribution in [0, 0.1) is 12.8 Å². The summed E-state index contributed by atoms with van der Waals surface area (Å²) in [5, 5.41) is 12.1. The second-order valence-electron chi connectivity index (χ2n) is 10.3. The Balaban J connectivity index is 0.000000383. The topological polar surface area (TPSA) is 111 Å². The van der Waals surface area contributed by atoms with E-state index in [1.54, 1.807) is 0 Å². The van der Waals surface area contributed by atoms with Crippen molar-refractivity contribution in [3.05, 3.63) is 53.2 Å². The lowest BCUT2D eigenvalue weighted by Crippen LogP contribution is -2.34. The van der Waals surface area contributed by atoms with E-state index in [1.807, 2.05) is 37.3 Å². The Morgan fingerprint density at radius 1 is 1.14 bits per heavy atom. The van der Waals surface area contributed by atoms with E-state index in [1.165, 1.54) is 38.5 Å². The number of oxazole rings is 1. The standard InChI is InChI=1S/C22H37N3O3.C7H8O/c1-16-20(15-24-19-10-12-27-13-11-19)25-22(28-16)18(14-21(23)26)9-5-8-17-6-3-2-4-7-17;8-6-7-4-2-1-3-5-7/h17-19,24H,2-15H2,1H3,(H2,23,26);1-5,8H,6H2/t18-;/m1./s1. The lowest BCUT2D eigenvalue weighted by atomic mass is 9.84. The molecule has 1 saturated carbocycles. The van der Waals surface area contributed by atoms with Crippen molar-refractivity contribution in [2.24, 2.45) is 11.7 Å². The third kappa shape index (κ3) is 10.0. The van der Waals surface area contributed by atoms with Crippen molar-refractivity contribution in [2.75, 3.05) is 13.2 Å². The molecule has 200 valence electrons. The average Bonchev–Trinajstić information content (AvgIpc) is 3.29. The van der Waals surface area contributed by atoms with Crippen LogP contribution >= 0.6 is 0 Å². The Kier molecular flexibility index (Phi) is 12.4. The zero-order chi connectivity index (χ0) is 25.6. The molecule has 1 atom stereocenters. The van der Waals surface area contributed by atoms with E-state index in [4.69, 9.17) is 25.0 Å². The van der Waals surface area contributed by atoms with Gasteiger partial charge >= 0.3 is 0 Å². The number of carbonyl (C=O) groups is 1. The number of aryl methyl sites for hydroxylation is 1. The predicted octanol–water partition coefficient (Wildman–Crippen LogP) is 5.14. The van der Waals surface area contributed by atoms with Crippen LogP contribution in [0.2, 0.25) is 0 Å². The van der Waals surface area contributed by atoms with Gasteiger partial charge in [0.25, 0.3) is 0 Å². The molecule has 36 heavy (non-hydrogen) atoms. The van der Waals surface area contributed by atoms with Crippen molar-refractivity contribution in [3.63, 3.8) is 0 Å². The first kappa shape index (κ1) is 28.4. The van der Waals surface area contributed by atoms with Gasteiger partial charge in [-0.05, 0) is 37.7 Å². The smallest absolute Gasteiger partial charge is 0.218 e. The summed E-state index contributed by atoms with van der Waals surface area (Å²) in [5.41, 5.74) is 7.43. The van der Waals surface area contributed by atoms with Crippen LogP contribution < -0.4 is 11.1 Å². The van der Waals surface area contributed by atoms with Gasteiger partial charge in [0.05, 0.1) is 12.3 Å². The van der Waals surface area contributed by atoms with Crippen LogP contribution in [0.5, 0.6) is 0 Å². The normalized spacial score (nSPS) is 17.8. The SMILES string of the molecule is Cc1oc([C@H](CCCC2CCCCC2)CC(N)=O)nc1CNC1CCOCC1.OCc1ccccc1. The molecule has 1 amide bonds. The Morgan fingerprint density at radius 2 is 1.86 bits per heavy atom. The minimum Gasteiger partial charge on any atom is -0.445 e. The molecule has 2 fully saturated rings. The van der Waals surface area contributed by atoms with Crippen molar-refractivity contribution in [1.82, 2.24) is 10.3 Å². The van der Waals surface area contributed by atoms with Crippen LogP contribution in [0.15, 0.2) is 34.7 Å². The second-order valence-corrected chi connectivity index (χ2v) is 10.3. The molecule has 2 heterocycles. The number of hydrogen-bond acceptors (Lipinski definition) is 6. The summed E-state index contributed by atoms with van der Waals surface area (Å²) in [7, 11) is 0. The Labute approximate surface area is 216 Å². The number of hydrogen-bond donors (Lipinski definition) is 3. The maximum atomic E-state index is 11.6. The number of aliphatic hydroxyl groups is 1. The van der Waals surface area contributed by atoms with E-state index >= 15 is 0 Å². The number of aromatic nitrogens is 1. The van der Waals surface area contributed by atoms with Crippen molar-refractivity contribution in [1.29, 1.82) is 0 Å². The first-order chi connectivity index (χ1) is 17.5. The molecule has 0 spiro atoms. The van der Waals surface area contributed by atoms with E-state index < -0.39 is 0 Å². The molecule has 4 N–H and O–H groups in total.